The molecule has 0 amide bonds. The molecule has 2 rings (SSSR count). The Morgan fingerprint density at radius 2 is 2.06 bits per heavy atom. The van der Waals surface area contributed by atoms with Gasteiger partial charge in [-0.3, -0.25) is 0 Å². The molecule has 1 nitrogen and oxygen atoms in total. The van der Waals surface area contributed by atoms with Crippen LogP contribution in [0.5, 0.6) is 0 Å². The molecule has 1 aliphatic heterocycles. The van der Waals surface area contributed by atoms with Gasteiger partial charge in [-0.15, -0.1) is 0 Å². The van der Waals surface area contributed by atoms with Gasteiger partial charge in [0.1, 0.15) is 0 Å². The summed E-state index contributed by atoms with van der Waals surface area (Å²) in [5.74, 6) is 2.64. The van der Waals surface area contributed by atoms with Crippen LogP contribution >= 0.6 is 11.8 Å². The lowest BCUT2D eigenvalue weighted by Crippen LogP contribution is -2.34. The zero-order valence-corrected chi connectivity index (χ0v) is 11.0. The monoisotopic (exact) mass is 235 g/mol. The molecular formula is C14H21NS. The third kappa shape index (κ3) is 3.26. The average molecular weight is 235 g/mol. The highest BCUT2D eigenvalue weighted by Crippen LogP contribution is 2.21. The summed E-state index contributed by atoms with van der Waals surface area (Å²) in [7, 11) is 0. The maximum absolute atomic E-state index is 3.75. The van der Waals surface area contributed by atoms with Gasteiger partial charge in [-0.1, -0.05) is 29.8 Å². The van der Waals surface area contributed by atoms with E-state index < -0.39 is 0 Å². The Morgan fingerprint density at radius 1 is 1.31 bits per heavy atom. The van der Waals surface area contributed by atoms with Crippen molar-refractivity contribution in [3.05, 3.63) is 35.4 Å². The summed E-state index contributed by atoms with van der Waals surface area (Å²) in [6.07, 6.45) is 2.64. The van der Waals surface area contributed by atoms with Crippen molar-refractivity contribution in [1.82, 2.24) is 5.32 Å². The van der Waals surface area contributed by atoms with Crippen LogP contribution in [0.4, 0.5) is 0 Å². The van der Waals surface area contributed by atoms with E-state index in [-0.39, 0.29) is 0 Å². The first-order chi connectivity index (χ1) is 7.75. The second-order valence-electron chi connectivity index (χ2n) is 4.69. The molecule has 1 heterocycles. The smallest absolute Gasteiger partial charge is 0.0294 e. The van der Waals surface area contributed by atoms with Crippen LogP contribution in [0.2, 0.25) is 0 Å². The third-order valence-electron chi connectivity index (χ3n) is 3.25. The van der Waals surface area contributed by atoms with E-state index in [2.05, 4.69) is 55.2 Å². The van der Waals surface area contributed by atoms with E-state index in [9.17, 15) is 0 Å². The van der Waals surface area contributed by atoms with Gasteiger partial charge in [0.15, 0.2) is 0 Å². The highest BCUT2D eigenvalue weighted by Gasteiger charge is 2.16. The first-order valence-corrected chi connectivity index (χ1v) is 7.31. The summed E-state index contributed by atoms with van der Waals surface area (Å²) < 4.78 is 0. The van der Waals surface area contributed by atoms with Gasteiger partial charge in [0, 0.05) is 12.1 Å². The van der Waals surface area contributed by atoms with Crippen molar-refractivity contribution in [1.29, 1.82) is 0 Å². The molecule has 1 aromatic carbocycles. The molecule has 88 valence electrons. The Hall–Kier alpha value is -0.470. The van der Waals surface area contributed by atoms with Crippen molar-refractivity contribution in [2.24, 2.45) is 0 Å². The second kappa shape index (κ2) is 5.74. The fraction of sp³-hybridized carbons (Fsp3) is 0.571. The maximum Gasteiger partial charge on any atom is 0.0294 e. The first kappa shape index (κ1) is 12.0. The van der Waals surface area contributed by atoms with Gasteiger partial charge < -0.3 is 5.32 Å². The number of hydrogen-bond acceptors (Lipinski definition) is 2. The van der Waals surface area contributed by atoms with Gasteiger partial charge in [-0.25, -0.2) is 0 Å². The van der Waals surface area contributed by atoms with Crippen LogP contribution in [0.3, 0.4) is 0 Å². The molecule has 16 heavy (non-hydrogen) atoms. The average Bonchev–Trinajstić information content (AvgIpc) is 2.30. The molecule has 0 radical (unpaired) electrons. The second-order valence-corrected chi connectivity index (χ2v) is 5.91. The highest BCUT2D eigenvalue weighted by atomic mass is 32.2. The van der Waals surface area contributed by atoms with Crippen molar-refractivity contribution in [2.75, 3.05) is 11.5 Å². The van der Waals surface area contributed by atoms with Crippen LogP contribution in [-0.2, 0) is 0 Å². The molecule has 0 bridgehead atoms. The minimum atomic E-state index is 0.480. The van der Waals surface area contributed by atoms with Gasteiger partial charge in [0.05, 0.1) is 0 Å². The fourth-order valence-corrected chi connectivity index (χ4v) is 3.36. The highest BCUT2D eigenvalue weighted by molar-refractivity contribution is 7.99. The van der Waals surface area contributed by atoms with Crippen LogP contribution < -0.4 is 5.32 Å². The molecule has 0 aliphatic carbocycles. The molecule has 1 N–H and O–H groups in total. The molecular weight excluding hydrogens is 214 g/mol. The maximum atomic E-state index is 3.75. The summed E-state index contributed by atoms with van der Waals surface area (Å²) in [6.45, 7) is 4.43. The SMILES string of the molecule is Cc1cccc(C(C)NC2CCSCC2)c1. The molecule has 1 fully saturated rings. The van der Waals surface area contributed by atoms with Gasteiger partial charge in [0.25, 0.3) is 0 Å². The summed E-state index contributed by atoms with van der Waals surface area (Å²) >= 11 is 2.08. The lowest BCUT2D eigenvalue weighted by atomic mass is 10.0. The zero-order valence-electron chi connectivity index (χ0n) is 10.2. The Balaban J connectivity index is 1.94. The van der Waals surface area contributed by atoms with E-state index in [1.54, 1.807) is 0 Å². The molecule has 1 atom stereocenters. The Bertz CT molecular complexity index is 331. The van der Waals surface area contributed by atoms with E-state index in [1.165, 1.54) is 35.5 Å². The number of nitrogens with one attached hydrogen (secondary N) is 1. The van der Waals surface area contributed by atoms with Crippen LogP contribution in [0, 0.1) is 6.92 Å². The first-order valence-electron chi connectivity index (χ1n) is 6.16. The Morgan fingerprint density at radius 3 is 2.75 bits per heavy atom. The molecule has 0 aromatic heterocycles. The summed E-state index contributed by atoms with van der Waals surface area (Å²) in [5, 5.41) is 3.75. The van der Waals surface area contributed by atoms with Crippen LogP contribution in [0.1, 0.15) is 36.9 Å². The van der Waals surface area contributed by atoms with E-state index in [0.717, 1.165) is 6.04 Å². The predicted molar refractivity (Wildman–Crippen MR) is 73.1 cm³/mol. The molecule has 1 aliphatic rings. The third-order valence-corrected chi connectivity index (χ3v) is 4.30. The Kier molecular flexibility index (Phi) is 4.30. The van der Waals surface area contributed by atoms with Crippen molar-refractivity contribution in [3.8, 4) is 0 Å². The molecule has 0 spiro atoms. The summed E-state index contributed by atoms with van der Waals surface area (Å²) in [5.41, 5.74) is 2.77. The van der Waals surface area contributed by atoms with Crippen LogP contribution in [0.15, 0.2) is 24.3 Å². The van der Waals surface area contributed by atoms with E-state index >= 15 is 0 Å². The minimum absolute atomic E-state index is 0.480. The topological polar surface area (TPSA) is 12.0 Å². The van der Waals surface area contributed by atoms with Crippen LogP contribution in [-0.4, -0.2) is 17.5 Å². The number of benzene rings is 1. The van der Waals surface area contributed by atoms with Crippen molar-refractivity contribution < 1.29 is 0 Å². The lowest BCUT2D eigenvalue weighted by molar-refractivity contribution is 0.431. The standard InChI is InChI=1S/C14H21NS/c1-11-4-3-5-13(10-11)12(2)15-14-6-8-16-9-7-14/h3-5,10,12,14-15H,6-9H2,1-2H3. The number of thioether (sulfide) groups is 1. The molecule has 0 saturated carbocycles. The minimum Gasteiger partial charge on any atom is -0.307 e. The largest absolute Gasteiger partial charge is 0.307 e. The predicted octanol–water partition coefficient (Wildman–Crippen LogP) is 3.54. The zero-order chi connectivity index (χ0) is 11.4. The van der Waals surface area contributed by atoms with Crippen molar-refractivity contribution in [3.63, 3.8) is 0 Å². The van der Waals surface area contributed by atoms with Crippen molar-refractivity contribution >= 4 is 11.8 Å². The number of aryl methyl sites for hydroxylation is 1. The van der Waals surface area contributed by atoms with Gasteiger partial charge in [-0.05, 0) is 43.8 Å². The Labute approximate surface area is 103 Å². The number of hydrogen-bond donors (Lipinski definition) is 1. The molecule has 2 heteroatoms. The van der Waals surface area contributed by atoms with Crippen LogP contribution in [0.25, 0.3) is 0 Å². The lowest BCUT2D eigenvalue weighted by Gasteiger charge is -2.26. The molecule has 1 unspecified atom stereocenters. The van der Waals surface area contributed by atoms with E-state index in [1.807, 2.05) is 0 Å². The van der Waals surface area contributed by atoms with E-state index in [0.29, 0.717) is 6.04 Å². The normalized spacial score (nSPS) is 19.6. The van der Waals surface area contributed by atoms with Crippen molar-refractivity contribution in [2.45, 2.75) is 38.8 Å². The van der Waals surface area contributed by atoms with Gasteiger partial charge in [-0.2, -0.15) is 11.8 Å². The molecule has 1 aromatic rings. The summed E-state index contributed by atoms with van der Waals surface area (Å²) in [6, 6.07) is 10.0. The molecule has 1 saturated heterocycles. The van der Waals surface area contributed by atoms with Gasteiger partial charge >= 0.3 is 0 Å². The van der Waals surface area contributed by atoms with E-state index in [4.69, 9.17) is 0 Å². The quantitative estimate of drug-likeness (QED) is 0.860. The fourth-order valence-electron chi connectivity index (χ4n) is 2.25. The number of rotatable bonds is 3. The van der Waals surface area contributed by atoms with Gasteiger partial charge in [0.2, 0.25) is 0 Å². The summed E-state index contributed by atoms with van der Waals surface area (Å²) in [4.78, 5) is 0.